The van der Waals surface area contributed by atoms with E-state index in [1.54, 1.807) is 24.0 Å². The third-order valence-electron chi connectivity index (χ3n) is 2.17. The molecule has 0 fully saturated rings. The quantitative estimate of drug-likeness (QED) is 0.739. The van der Waals surface area contributed by atoms with Gasteiger partial charge in [-0.25, -0.2) is 0 Å². The molecule has 0 spiro atoms. The fourth-order valence-corrected chi connectivity index (χ4v) is 1.52. The van der Waals surface area contributed by atoms with Crippen LogP contribution in [0.5, 0.6) is 0 Å². The lowest BCUT2D eigenvalue weighted by Crippen LogP contribution is -2.43. The summed E-state index contributed by atoms with van der Waals surface area (Å²) in [6.45, 7) is 2.01. The van der Waals surface area contributed by atoms with Gasteiger partial charge in [-0.15, -0.1) is 0 Å². The van der Waals surface area contributed by atoms with Crippen molar-refractivity contribution in [1.29, 1.82) is 0 Å². The first-order chi connectivity index (χ1) is 7.54. The van der Waals surface area contributed by atoms with Gasteiger partial charge in [0.15, 0.2) is 0 Å². The van der Waals surface area contributed by atoms with Crippen LogP contribution in [0.3, 0.4) is 0 Å². The van der Waals surface area contributed by atoms with Gasteiger partial charge in [0.25, 0.3) is 5.91 Å². The summed E-state index contributed by atoms with van der Waals surface area (Å²) in [4.78, 5) is 12.1. The Kier molecular flexibility index (Phi) is 4.42. The Hall–Kier alpha value is -1.43. The molecular weight excluding hydrogens is 224 g/mol. The standard InChI is InChI=1S/C10H16N4OS/c1-3-4-7(9(11)16)12-10(15)8-5-6-14(2)13-8/h5-7H,3-4H2,1-2H3,(H2,11,16)(H,12,15). The van der Waals surface area contributed by atoms with Gasteiger partial charge in [-0.2, -0.15) is 5.10 Å². The number of nitrogens with two attached hydrogens (primary N) is 1. The second kappa shape index (κ2) is 5.60. The lowest BCUT2D eigenvalue weighted by Gasteiger charge is -2.15. The molecule has 1 aromatic heterocycles. The van der Waals surface area contributed by atoms with Gasteiger partial charge in [-0.05, 0) is 12.5 Å². The van der Waals surface area contributed by atoms with Gasteiger partial charge in [-0.1, -0.05) is 25.6 Å². The lowest BCUT2D eigenvalue weighted by atomic mass is 10.1. The summed E-state index contributed by atoms with van der Waals surface area (Å²) in [6, 6.07) is 1.40. The van der Waals surface area contributed by atoms with E-state index in [0.29, 0.717) is 10.7 Å². The summed E-state index contributed by atoms with van der Waals surface area (Å²) >= 11 is 4.89. The summed E-state index contributed by atoms with van der Waals surface area (Å²) in [6.07, 6.45) is 3.36. The normalized spacial score (nSPS) is 12.1. The maximum Gasteiger partial charge on any atom is 0.272 e. The molecule has 0 saturated heterocycles. The van der Waals surface area contributed by atoms with Crippen LogP contribution >= 0.6 is 12.2 Å². The molecule has 3 N–H and O–H groups in total. The van der Waals surface area contributed by atoms with Gasteiger partial charge in [0, 0.05) is 13.2 Å². The van der Waals surface area contributed by atoms with E-state index in [0.717, 1.165) is 12.8 Å². The number of aromatic nitrogens is 2. The number of nitrogens with zero attached hydrogens (tertiary/aromatic N) is 2. The first-order valence-electron chi connectivity index (χ1n) is 5.14. The van der Waals surface area contributed by atoms with Crippen molar-refractivity contribution in [3.63, 3.8) is 0 Å². The molecule has 0 aliphatic rings. The first-order valence-corrected chi connectivity index (χ1v) is 5.55. The number of hydrogen-bond donors (Lipinski definition) is 2. The van der Waals surface area contributed by atoms with Crippen LogP contribution in [0.15, 0.2) is 12.3 Å². The molecule has 88 valence electrons. The summed E-state index contributed by atoms with van der Waals surface area (Å²) < 4.78 is 1.57. The molecule has 0 radical (unpaired) electrons. The molecule has 16 heavy (non-hydrogen) atoms. The van der Waals surface area contributed by atoms with E-state index >= 15 is 0 Å². The smallest absolute Gasteiger partial charge is 0.272 e. The number of carbonyl (C=O) groups is 1. The molecule has 0 aliphatic heterocycles. The zero-order valence-corrected chi connectivity index (χ0v) is 10.3. The average molecular weight is 240 g/mol. The zero-order valence-electron chi connectivity index (χ0n) is 9.43. The van der Waals surface area contributed by atoms with E-state index in [4.69, 9.17) is 18.0 Å². The maximum absolute atomic E-state index is 11.7. The van der Waals surface area contributed by atoms with Crippen molar-refractivity contribution in [3.8, 4) is 0 Å². The van der Waals surface area contributed by atoms with Crippen LogP contribution in [-0.4, -0.2) is 26.7 Å². The average Bonchev–Trinajstić information content (AvgIpc) is 2.64. The summed E-state index contributed by atoms with van der Waals surface area (Å²) in [5, 5.41) is 6.77. The van der Waals surface area contributed by atoms with Gasteiger partial charge in [0.05, 0.1) is 11.0 Å². The largest absolute Gasteiger partial charge is 0.392 e. The Bertz CT molecular complexity index is 388. The molecular formula is C10H16N4OS. The van der Waals surface area contributed by atoms with Crippen molar-refractivity contribution in [2.45, 2.75) is 25.8 Å². The van der Waals surface area contributed by atoms with E-state index in [1.807, 2.05) is 6.92 Å². The molecule has 1 heterocycles. The molecule has 0 aromatic carbocycles. The van der Waals surface area contributed by atoms with Crippen molar-refractivity contribution in [1.82, 2.24) is 15.1 Å². The van der Waals surface area contributed by atoms with Crippen molar-refractivity contribution in [2.24, 2.45) is 12.8 Å². The van der Waals surface area contributed by atoms with Crippen molar-refractivity contribution in [3.05, 3.63) is 18.0 Å². The van der Waals surface area contributed by atoms with E-state index in [9.17, 15) is 4.79 Å². The minimum Gasteiger partial charge on any atom is -0.392 e. The number of thiocarbonyl (C=S) groups is 1. The number of aryl methyl sites for hydroxylation is 1. The SMILES string of the molecule is CCCC(NC(=O)c1ccn(C)n1)C(N)=S. The number of nitrogens with one attached hydrogen (secondary N) is 1. The maximum atomic E-state index is 11.7. The Labute approximate surface area is 100 Å². The predicted molar refractivity (Wildman–Crippen MR) is 66.2 cm³/mol. The third kappa shape index (κ3) is 3.30. The van der Waals surface area contributed by atoms with Crippen molar-refractivity contribution in [2.75, 3.05) is 0 Å². The highest BCUT2D eigenvalue weighted by Crippen LogP contribution is 2.00. The van der Waals surface area contributed by atoms with Gasteiger partial charge in [0.1, 0.15) is 5.69 Å². The second-order valence-corrected chi connectivity index (χ2v) is 4.06. The number of hydrogen-bond acceptors (Lipinski definition) is 3. The molecule has 6 heteroatoms. The second-order valence-electron chi connectivity index (χ2n) is 3.59. The number of rotatable bonds is 5. The summed E-state index contributed by atoms with van der Waals surface area (Å²) in [5.41, 5.74) is 5.92. The molecule has 1 aromatic rings. The van der Waals surface area contributed by atoms with E-state index in [2.05, 4.69) is 10.4 Å². The van der Waals surface area contributed by atoms with Crippen LogP contribution in [0.4, 0.5) is 0 Å². The molecule has 5 nitrogen and oxygen atoms in total. The molecule has 0 bridgehead atoms. The molecule has 1 amide bonds. The van der Waals surface area contributed by atoms with E-state index < -0.39 is 0 Å². The Morgan fingerprint density at radius 1 is 1.75 bits per heavy atom. The van der Waals surface area contributed by atoms with Crippen molar-refractivity contribution >= 4 is 23.1 Å². The van der Waals surface area contributed by atoms with Crippen molar-refractivity contribution < 1.29 is 4.79 Å². The topological polar surface area (TPSA) is 72.9 Å². The van der Waals surface area contributed by atoms with Gasteiger partial charge < -0.3 is 11.1 Å². The predicted octanol–water partition coefficient (Wildman–Crippen LogP) is 0.605. The molecule has 1 atom stereocenters. The molecule has 0 aliphatic carbocycles. The van der Waals surface area contributed by atoms with Crippen LogP contribution < -0.4 is 11.1 Å². The zero-order chi connectivity index (χ0) is 12.1. The fourth-order valence-electron chi connectivity index (χ4n) is 1.34. The Morgan fingerprint density at radius 3 is 2.88 bits per heavy atom. The monoisotopic (exact) mass is 240 g/mol. The Balaban J connectivity index is 2.65. The van der Waals surface area contributed by atoms with E-state index in [-0.39, 0.29) is 11.9 Å². The molecule has 0 saturated carbocycles. The highest BCUT2D eigenvalue weighted by molar-refractivity contribution is 7.80. The highest BCUT2D eigenvalue weighted by atomic mass is 32.1. The summed E-state index contributed by atoms with van der Waals surface area (Å²) in [5.74, 6) is -0.244. The minimum absolute atomic E-state index is 0.244. The van der Waals surface area contributed by atoms with Crippen LogP contribution in [0.2, 0.25) is 0 Å². The number of carbonyl (C=O) groups excluding carboxylic acids is 1. The van der Waals surface area contributed by atoms with Gasteiger partial charge in [-0.3, -0.25) is 9.48 Å². The molecule has 1 rings (SSSR count). The fraction of sp³-hybridized carbons (Fsp3) is 0.500. The van der Waals surface area contributed by atoms with Gasteiger partial charge in [0.2, 0.25) is 0 Å². The number of amides is 1. The Morgan fingerprint density at radius 2 is 2.44 bits per heavy atom. The van der Waals surface area contributed by atoms with Crippen LogP contribution in [0, 0.1) is 0 Å². The van der Waals surface area contributed by atoms with E-state index in [1.165, 1.54) is 0 Å². The van der Waals surface area contributed by atoms with Crippen LogP contribution in [0.25, 0.3) is 0 Å². The highest BCUT2D eigenvalue weighted by Gasteiger charge is 2.16. The molecule has 1 unspecified atom stereocenters. The first kappa shape index (κ1) is 12.6. The van der Waals surface area contributed by atoms with Crippen LogP contribution in [-0.2, 0) is 7.05 Å². The summed E-state index contributed by atoms with van der Waals surface area (Å²) in [7, 11) is 1.76. The van der Waals surface area contributed by atoms with Crippen LogP contribution in [0.1, 0.15) is 30.3 Å². The lowest BCUT2D eigenvalue weighted by molar-refractivity contribution is 0.0940. The minimum atomic E-state index is -0.255. The van der Waals surface area contributed by atoms with Gasteiger partial charge >= 0.3 is 0 Å². The third-order valence-corrected chi connectivity index (χ3v) is 2.46.